The maximum absolute atomic E-state index is 12.0. The standard InChI is InChI=1S/C21H24N2O6/c1-3-4-5-12-28-21(25)16-6-8-17(9-7-16)22-20(24)14-29-18-10-11-19(23(26)27)15(2)13-18/h6-11,13H,3-5,12,14H2,1-2H3,(H,22,24). The van der Waals surface area contributed by atoms with Crippen molar-refractivity contribution in [3.8, 4) is 5.75 Å². The number of hydrogen-bond acceptors (Lipinski definition) is 6. The molecule has 0 fully saturated rings. The zero-order valence-corrected chi connectivity index (χ0v) is 16.5. The average Bonchev–Trinajstić information content (AvgIpc) is 2.70. The fourth-order valence-electron chi connectivity index (χ4n) is 2.56. The van der Waals surface area contributed by atoms with Crippen molar-refractivity contribution in [1.29, 1.82) is 0 Å². The molecule has 0 saturated carbocycles. The van der Waals surface area contributed by atoms with E-state index in [4.69, 9.17) is 9.47 Å². The summed E-state index contributed by atoms with van der Waals surface area (Å²) < 4.78 is 10.6. The molecule has 0 atom stereocenters. The number of ether oxygens (including phenoxy) is 2. The summed E-state index contributed by atoms with van der Waals surface area (Å²) in [5, 5.41) is 13.5. The lowest BCUT2D eigenvalue weighted by molar-refractivity contribution is -0.385. The molecule has 1 amide bonds. The second-order valence-corrected chi connectivity index (χ2v) is 6.46. The Morgan fingerprint density at radius 2 is 1.83 bits per heavy atom. The van der Waals surface area contributed by atoms with E-state index in [-0.39, 0.29) is 12.3 Å². The fourth-order valence-corrected chi connectivity index (χ4v) is 2.56. The number of rotatable bonds is 10. The second kappa shape index (κ2) is 10.8. The summed E-state index contributed by atoms with van der Waals surface area (Å²) >= 11 is 0. The summed E-state index contributed by atoms with van der Waals surface area (Å²) in [5.74, 6) is -0.420. The van der Waals surface area contributed by atoms with Crippen LogP contribution in [0.4, 0.5) is 11.4 Å². The molecule has 1 N–H and O–H groups in total. The Balaban J connectivity index is 1.82. The molecular weight excluding hydrogens is 376 g/mol. The van der Waals surface area contributed by atoms with Gasteiger partial charge in [0, 0.05) is 17.3 Å². The molecule has 154 valence electrons. The SMILES string of the molecule is CCCCCOC(=O)c1ccc(NC(=O)COc2ccc([N+](=O)[O-])c(C)c2)cc1. The monoisotopic (exact) mass is 400 g/mol. The van der Waals surface area contributed by atoms with Crippen molar-refractivity contribution in [1.82, 2.24) is 0 Å². The van der Waals surface area contributed by atoms with E-state index >= 15 is 0 Å². The van der Waals surface area contributed by atoms with Crippen LogP contribution in [0, 0.1) is 17.0 Å². The topological polar surface area (TPSA) is 108 Å². The Bertz CT molecular complexity index is 864. The lowest BCUT2D eigenvalue weighted by Crippen LogP contribution is -2.20. The number of nitro groups is 1. The van der Waals surface area contributed by atoms with E-state index in [0.29, 0.717) is 29.2 Å². The normalized spacial score (nSPS) is 10.3. The zero-order valence-electron chi connectivity index (χ0n) is 16.5. The van der Waals surface area contributed by atoms with Gasteiger partial charge in [-0.25, -0.2) is 4.79 Å². The van der Waals surface area contributed by atoms with Crippen LogP contribution in [0.2, 0.25) is 0 Å². The van der Waals surface area contributed by atoms with Crippen LogP contribution in [0.25, 0.3) is 0 Å². The van der Waals surface area contributed by atoms with Crippen LogP contribution in [-0.4, -0.2) is 30.0 Å². The number of carbonyl (C=O) groups is 2. The van der Waals surface area contributed by atoms with Crippen LogP contribution < -0.4 is 10.1 Å². The van der Waals surface area contributed by atoms with Crippen molar-refractivity contribution in [3.63, 3.8) is 0 Å². The average molecular weight is 400 g/mol. The van der Waals surface area contributed by atoms with Gasteiger partial charge < -0.3 is 14.8 Å². The Morgan fingerprint density at radius 1 is 1.10 bits per heavy atom. The first-order valence-corrected chi connectivity index (χ1v) is 9.35. The number of nitrogens with zero attached hydrogens (tertiary/aromatic N) is 1. The highest BCUT2D eigenvalue weighted by Gasteiger charge is 2.12. The third-order valence-electron chi connectivity index (χ3n) is 4.12. The summed E-state index contributed by atoms with van der Waals surface area (Å²) in [4.78, 5) is 34.3. The Kier molecular flexibility index (Phi) is 8.14. The van der Waals surface area contributed by atoms with Gasteiger partial charge in [0.1, 0.15) is 5.75 Å². The van der Waals surface area contributed by atoms with E-state index in [1.165, 1.54) is 18.2 Å². The zero-order chi connectivity index (χ0) is 21.2. The summed E-state index contributed by atoms with van der Waals surface area (Å²) in [6.45, 7) is 3.82. The lowest BCUT2D eigenvalue weighted by Gasteiger charge is -2.09. The molecule has 0 unspecified atom stereocenters. The number of amides is 1. The number of esters is 1. The third kappa shape index (κ3) is 6.91. The number of hydrogen-bond donors (Lipinski definition) is 1. The summed E-state index contributed by atoms with van der Waals surface area (Å²) in [5.41, 5.74) is 1.37. The van der Waals surface area contributed by atoms with Gasteiger partial charge in [-0.3, -0.25) is 14.9 Å². The van der Waals surface area contributed by atoms with Crippen molar-refractivity contribution < 1.29 is 24.0 Å². The highest BCUT2D eigenvalue weighted by molar-refractivity contribution is 5.93. The van der Waals surface area contributed by atoms with Gasteiger partial charge in [0.25, 0.3) is 11.6 Å². The van der Waals surface area contributed by atoms with Crippen LogP contribution in [0.15, 0.2) is 42.5 Å². The smallest absolute Gasteiger partial charge is 0.338 e. The van der Waals surface area contributed by atoms with E-state index in [2.05, 4.69) is 12.2 Å². The van der Waals surface area contributed by atoms with Crippen LogP contribution in [0.3, 0.4) is 0 Å². The summed E-state index contributed by atoms with van der Waals surface area (Å²) in [6.07, 6.45) is 2.91. The molecule has 0 aromatic heterocycles. The molecule has 0 aliphatic rings. The van der Waals surface area contributed by atoms with Gasteiger partial charge in [0.05, 0.1) is 17.1 Å². The van der Waals surface area contributed by atoms with Crippen LogP contribution in [0.1, 0.15) is 42.1 Å². The largest absolute Gasteiger partial charge is 0.484 e. The molecule has 2 aromatic carbocycles. The van der Waals surface area contributed by atoms with Crippen molar-refractivity contribution in [2.75, 3.05) is 18.5 Å². The quantitative estimate of drug-likeness (QED) is 0.276. The Morgan fingerprint density at radius 3 is 2.45 bits per heavy atom. The van der Waals surface area contributed by atoms with Crippen molar-refractivity contribution >= 4 is 23.3 Å². The van der Waals surface area contributed by atoms with E-state index in [1.54, 1.807) is 31.2 Å². The maximum Gasteiger partial charge on any atom is 0.338 e. The molecule has 0 bridgehead atoms. The molecule has 8 heteroatoms. The molecule has 8 nitrogen and oxygen atoms in total. The van der Waals surface area contributed by atoms with Gasteiger partial charge in [-0.05, 0) is 49.7 Å². The van der Waals surface area contributed by atoms with Gasteiger partial charge in [0.2, 0.25) is 0 Å². The van der Waals surface area contributed by atoms with Gasteiger partial charge in [-0.2, -0.15) is 0 Å². The molecular formula is C21H24N2O6. The molecule has 0 aliphatic heterocycles. The molecule has 2 rings (SSSR count). The van der Waals surface area contributed by atoms with Gasteiger partial charge in [-0.1, -0.05) is 19.8 Å². The molecule has 2 aromatic rings. The maximum atomic E-state index is 12.0. The highest BCUT2D eigenvalue weighted by Crippen LogP contribution is 2.23. The summed E-state index contributed by atoms with van der Waals surface area (Å²) in [7, 11) is 0. The predicted octanol–water partition coefficient (Wildman–Crippen LogP) is 4.27. The molecule has 0 aliphatic carbocycles. The van der Waals surface area contributed by atoms with Crippen LogP contribution >= 0.6 is 0 Å². The first-order valence-electron chi connectivity index (χ1n) is 9.35. The third-order valence-corrected chi connectivity index (χ3v) is 4.12. The fraction of sp³-hybridized carbons (Fsp3) is 0.333. The molecule has 0 spiro atoms. The van der Waals surface area contributed by atoms with E-state index in [9.17, 15) is 19.7 Å². The number of benzene rings is 2. The number of aryl methyl sites for hydroxylation is 1. The van der Waals surface area contributed by atoms with Gasteiger partial charge in [0.15, 0.2) is 6.61 Å². The number of unbranched alkanes of at least 4 members (excludes halogenated alkanes) is 2. The predicted molar refractivity (Wildman–Crippen MR) is 108 cm³/mol. The van der Waals surface area contributed by atoms with E-state index in [1.807, 2.05) is 0 Å². The molecule has 0 radical (unpaired) electrons. The van der Waals surface area contributed by atoms with Crippen molar-refractivity contribution in [3.05, 3.63) is 63.7 Å². The Labute approximate surface area is 169 Å². The van der Waals surface area contributed by atoms with Gasteiger partial charge in [-0.15, -0.1) is 0 Å². The highest BCUT2D eigenvalue weighted by atomic mass is 16.6. The minimum Gasteiger partial charge on any atom is -0.484 e. The van der Waals surface area contributed by atoms with E-state index in [0.717, 1.165) is 19.3 Å². The molecule has 29 heavy (non-hydrogen) atoms. The minimum absolute atomic E-state index is 0.00854. The lowest BCUT2D eigenvalue weighted by atomic mass is 10.2. The first kappa shape index (κ1) is 21.9. The number of nitrogens with one attached hydrogen (secondary N) is 1. The molecule has 0 saturated heterocycles. The summed E-state index contributed by atoms with van der Waals surface area (Å²) in [6, 6.07) is 10.7. The Hall–Kier alpha value is -3.42. The van der Waals surface area contributed by atoms with Gasteiger partial charge >= 0.3 is 5.97 Å². The van der Waals surface area contributed by atoms with Crippen LogP contribution in [0.5, 0.6) is 5.75 Å². The number of nitro benzene ring substituents is 1. The minimum atomic E-state index is -0.476. The first-order chi connectivity index (χ1) is 13.9. The number of anilines is 1. The van der Waals surface area contributed by atoms with Crippen LogP contribution in [-0.2, 0) is 9.53 Å². The number of carbonyl (C=O) groups excluding carboxylic acids is 2. The molecule has 0 heterocycles. The second-order valence-electron chi connectivity index (χ2n) is 6.46. The van der Waals surface area contributed by atoms with E-state index < -0.39 is 16.8 Å². The van der Waals surface area contributed by atoms with Crippen molar-refractivity contribution in [2.24, 2.45) is 0 Å². The van der Waals surface area contributed by atoms with Crippen molar-refractivity contribution in [2.45, 2.75) is 33.1 Å².